The van der Waals surface area contributed by atoms with Gasteiger partial charge in [-0.3, -0.25) is 10.1 Å². The molecule has 0 aliphatic heterocycles. The van der Waals surface area contributed by atoms with Gasteiger partial charge in [0.1, 0.15) is 0 Å². The molecule has 2 N–H and O–H groups in total. The summed E-state index contributed by atoms with van der Waals surface area (Å²) in [6, 6.07) is 5.44. The molecule has 24 heavy (non-hydrogen) atoms. The molecule has 1 saturated carbocycles. The summed E-state index contributed by atoms with van der Waals surface area (Å²) in [5.41, 5.74) is -0.908. The molecule has 0 heterocycles. The Morgan fingerprint density at radius 3 is 2.38 bits per heavy atom. The molecule has 0 spiro atoms. The van der Waals surface area contributed by atoms with Gasteiger partial charge in [0.05, 0.1) is 12.1 Å². The Morgan fingerprint density at radius 2 is 1.75 bits per heavy atom. The third-order valence-corrected chi connectivity index (χ3v) is 4.57. The van der Waals surface area contributed by atoms with Gasteiger partial charge < -0.3 is 5.32 Å². The molecule has 1 fully saturated rings. The highest BCUT2D eigenvalue weighted by Crippen LogP contribution is 2.32. The average Bonchev–Trinajstić information content (AvgIpc) is 2.53. The van der Waals surface area contributed by atoms with Crippen molar-refractivity contribution >= 4 is 5.91 Å². The number of alkyl halides is 3. The van der Waals surface area contributed by atoms with Crippen LogP contribution in [0.2, 0.25) is 0 Å². The summed E-state index contributed by atoms with van der Waals surface area (Å²) in [5.74, 6) is -0.109. The lowest BCUT2D eigenvalue weighted by Gasteiger charge is -2.28. The molecule has 1 aromatic carbocycles. The number of halogens is 3. The molecule has 0 atom stereocenters. The highest BCUT2D eigenvalue weighted by molar-refractivity contribution is 5.78. The van der Waals surface area contributed by atoms with E-state index in [-0.39, 0.29) is 18.5 Å². The molecule has 0 radical (unpaired) electrons. The van der Waals surface area contributed by atoms with Gasteiger partial charge in [0.2, 0.25) is 5.91 Å². The molecule has 1 amide bonds. The van der Waals surface area contributed by atoms with Crippen molar-refractivity contribution < 1.29 is 18.0 Å². The fourth-order valence-corrected chi connectivity index (χ4v) is 3.01. The molecule has 1 aliphatic carbocycles. The summed E-state index contributed by atoms with van der Waals surface area (Å²) in [5, 5.41) is 6.06. The second-order valence-corrected chi connectivity index (χ2v) is 6.96. The van der Waals surface area contributed by atoms with Crippen LogP contribution in [0.15, 0.2) is 24.3 Å². The van der Waals surface area contributed by atoms with Crippen molar-refractivity contribution in [2.45, 2.75) is 63.7 Å². The van der Waals surface area contributed by atoms with Crippen molar-refractivity contribution in [1.29, 1.82) is 0 Å². The van der Waals surface area contributed by atoms with Gasteiger partial charge in [-0.15, -0.1) is 0 Å². The Hall–Kier alpha value is -1.56. The predicted octanol–water partition coefficient (Wildman–Crippen LogP) is 3.98. The first-order valence-corrected chi connectivity index (χ1v) is 8.40. The highest BCUT2D eigenvalue weighted by atomic mass is 19.4. The molecule has 0 bridgehead atoms. The molecule has 0 saturated heterocycles. The number of nitrogens with one attached hydrogen (secondary N) is 2. The third kappa shape index (κ3) is 5.23. The van der Waals surface area contributed by atoms with Crippen LogP contribution in [-0.2, 0) is 16.5 Å². The van der Waals surface area contributed by atoms with Gasteiger partial charge >= 0.3 is 6.18 Å². The molecule has 1 aliphatic rings. The van der Waals surface area contributed by atoms with Gasteiger partial charge in [0, 0.05) is 11.6 Å². The van der Waals surface area contributed by atoms with E-state index < -0.39 is 17.3 Å². The van der Waals surface area contributed by atoms with Crippen LogP contribution in [0.3, 0.4) is 0 Å². The van der Waals surface area contributed by atoms with Crippen molar-refractivity contribution in [3.63, 3.8) is 0 Å². The van der Waals surface area contributed by atoms with E-state index in [1.54, 1.807) is 19.9 Å². The summed E-state index contributed by atoms with van der Waals surface area (Å²) in [7, 11) is 0. The number of hydrogen-bond donors (Lipinski definition) is 2. The Kier molecular flexibility index (Phi) is 5.91. The lowest BCUT2D eigenvalue weighted by Crippen LogP contribution is -2.46. The van der Waals surface area contributed by atoms with Crippen LogP contribution in [0.4, 0.5) is 13.2 Å². The number of carbonyl (C=O) groups excluding carboxylic acids is 1. The van der Waals surface area contributed by atoms with Gasteiger partial charge in [-0.25, -0.2) is 0 Å². The van der Waals surface area contributed by atoms with Gasteiger partial charge in [-0.05, 0) is 44.4 Å². The van der Waals surface area contributed by atoms with Gasteiger partial charge in [0.25, 0.3) is 0 Å². The molecular weight excluding hydrogens is 317 g/mol. The molecule has 2 rings (SSSR count). The first-order chi connectivity index (χ1) is 11.2. The maximum Gasteiger partial charge on any atom is 0.416 e. The van der Waals surface area contributed by atoms with Crippen LogP contribution in [0.5, 0.6) is 0 Å². The lowest BCUT2D eigenvalue weighted by molar-refractivity contribution is -0.137. The highest BCUT2D eigenvalue weighted by Gasteiger charge is 2.32. The van der Waals surface area contributed by atoms with Crippen molar-refractivity contribution in [3.05, 3.63) is 35.4 Å². The molecule has 1 aromatic rings. The molecule has 3 nitrogen and oxygen atoms in total. The summed E-state index contributed by atoms with van der Waals surface area (Å²) < 4.78 is 38.5. The molecule has 0 unspecified atom stereocenters. The summed E-state index contributed by atoms with van der Waals surface area (Å²) in [4.78, 5) is 12.1. The Morgan fingerprint density at radius 1 is 1.12 bits per heavy atom. The zero-order valence-corrected chi connectivity index (χ0v) is 14.2. The number of carbonyl (C=O) groups is 1. The van der Waals surface area contributed by atoms with E-state index in [2.05, 4.69) is 10.6 Å². The maximum atomic E-state index is 12.8. The largest absolute Gasteiger partial charge is 0.416 e. The smallest absolute Gasteiger partial charge is 0.352 e. The molecule has 134 valence electrons. The van der Waals surface area contributed by atoms with Crippen LogP contribution in [0, 0.1) is 0 Å². The minimum absolute atomic E-state index is 0.0831. The van der Waals surface area contributed by atoms with Crippen molar-refractivity contribution in [1.82, 2.24) is 10.6 Å². The van der Waals surface area contributed by atoms with E-state index in [9.17, 15) is 18.0 Å². The van der Waals surface area contributed by atoms with E-state index in [0.29, 0.717) is 5.56 Å². The fraction of sp³-hybridized carbons (Fsp3) is 0.611. The van der Waals surface area contributed by atoms with E-state index in [1.165, 1.54) is 12.5 Å². The van der Waals surface area contributed by atoms with Crippen LogP contribution in [0.25, 0.3) is 0 Å². The standard InChI is InChI=1S/C18H25F3N2O/c1-17(2,13-7-6-8-14(11-13)18(19,20)21)22-12-16(24)23-15-9-4-3-5-10-15/h6-8,11,15,22H,3-5,9-10,12H2,1-2H3,(H,23,24). The van der Waals surface area contributed by atoms with E-state index in [0.717, 1.165) is 37.8 Å². The van der Waals surface area contributed by atoms with Crippen LogP contribution in [0.1, 0.15) is 57.1 Å². The zero-order chi connectivity index (χ0) is 17.8. The number of benzene rings is 1. The maximum absolute atomic E-state index is 12.8. The van der Waals surface area contributed by atoms with Crippen molar-refractivity contribution in [2.24, 2.45) is 0 Å². The molecular formula is C18H25F3N2O. The number of amides is 1. The first-order valence-electron chi connectivity index (χ1n) is 8.40. The Bertz CT molecular complexity index is 564. The quantitative estimate of drug-likeness (QED) is 0.850. The minimum atomic E-state index is -4.37. The number of hydrogen-bond acceptors (Lipinski definition) is 2. The van der Waals surface area contributed by atoms with E-state index in [1.807, 2.05) is 0 Å². The SMILES string of the molecule is CC(C)(NCC(=O)NC1CCCCC1)c1cccc(C(F)(F)F)c1. The summed E-state index contributed by atoms with van der Waals surface area (Å²) >= 11 is 0. The second kappa shape index (κ2) is 7.55. The van der Waals surface area contributed by atoms with Crippen molar-refractivity contribution in [3.8, 4) is 0 Å². The van der Waals surface area contributed by atoms with Gasteiger partial charge in [-0.1, -0.05) is 31.4 Å². The minimum Gasteiger partial charge on any atom is -0.352 e. The summed E-state index contributed by atoms with van der Waals surface area (Å²) in [6.45, 7) is 3.63. The second-order valence-electron chi connectivity index (χ2n) is 6.96. The van der Waals surface area contributed by atoms with Crippen molar-refractivity contribution in [2.75, 3.05) is 6.54 Å². The average molecular weight is 342 g/mol. The molecule has 0 aromatic heterocycles. The predicted molar refractivity (Wildman–Crippen MR) is 87.5 cm³/mol. The number of rotatable bonds is 5. The summed E-state index contributed by atoms with van der Waals surface area (Å²) in [6.07, 6.45) is 1.12. The van der Waals surface area contributed by atoms with Gasteiger partial charge in [-0.2, -0.15) is 13.2 Å². The third-order valence-electron chi connectivity index (χ3n) is 4.57. The fourth-order valence-electron chi connectivity index (χ4n) is 3.01. The van der Waals surface area contributed by atoms with Crippen LogP contribution < -0.4 is 10.6 Å². The van der Waals surface area contributed by atoms with E-state index >= 15 is 0 Å². The normalized spacial score (nSPS) is 16.9. The monoisotopic (exact) mass is 342 g/mol. The lowest BCUT2D eigenvalue weighted by atomic mass is 9.92. The topological polar surface area (TPSA) is 41.1 Å². The van der Waals surface area contributed by atoms with Crippen LogP contribution >= 0.6 is 0 Å². The molecule has 6 heteroatoms. The first kappa shape index (κ1) is 18.8. The Labute approximate surface area is 141 Å². The van der Waals surface area contributed by atoms with E-state index in [4.69, 9.17) is 0 Å². The van der Waals surface area contributed by atoms with Crippen LogP contribution in [-0.4, -0.2) is 18.5 Å². The zero-order valence-electron chi connectivity index (χ0n) is 14.2. The van der Waals surface area contributed by atoms with Gasteiger partial charge in [0.15, 0.2) is 0 Å². The Balaban J connectivity index is 1.94.